The minimum absolute atomic E-state index is 0.0363. The van der Waals surface area contributed by atoms with Gasteiger partial charge in [-0.25, -0.2) is 9.97 Å². The number of piperidine rings is 3. The Labute approximate surface area is 321 Å². The number of hydrogen-bond acceptors (Lipinski definition) is 14. The molecule has 1 unspecified atom stereocenters. The van der Waals surface area contributed by atoms with Crippen molar-refractivity contribution in [1.82, 2.24) is 39.7 Å². The van der Waals surface area contributed by atoms with Crippen LogP contribution in [0.5, 0.6) is 0 Å². The van der Waals surface area contributed by atoms with Crippen LogP contribution in [0.1, 0.15) is 81.0 Å². The normalized spacial score (nSPS) is 22.7. The molecule has 5 aliphatic rings. The number of nitrogens with one attached hydrogen (secondary N) is 3. The van der Waals surface area contributed by atoms with Crippen LogP contribution in [0.15, 0.2) is 30.5 Å². The van der Waals surface area contributed by atoms with Crippen molar-refractivity contribution in [2.24, 2.45) is 11.7 Å². The van der Waals surface area contributed by atoms with E-state index in [1.54, 1.807) is 18.3 Å². The molecule has 18 heteroatoms. The SMILES string of the molecule is Cc1cc(Nc2nc(N3CCC[C@@H](NC(=O)C4CCN(C5CN(Cc6ccc7c(c6)C(=O)N(C6CCC(=O)NC6=O)C7=O)C5)CC4)C3)cnc2C(N)=O)sn1. The largest absolute Gasteiger partial charge is 0.364 e. The molecule has 8 rings (SSSR count). The number of carbonyl (C=O) groups is 6. The summed E-state index contributed by atoms with van der Waals surface area (Å²) in [7, 11) is 0. The molecular weight excluding hydrogens is 727 g/mol. The Kier molecular flexibility index (Phi) is 10.0. The third-order valence-electron chi connectivity index (χ3n) is 11.2. The van der Waals surface area contributed by atoms with Crippen molar-refractivity contribution in [2.45, 2.75) is 70.1 Å². The molecule has 0 radical (unpaired) electrons. The zero-order valence-corrected chi connectivity index (χ0v) is 31.3. The van der Waals surface area contributed by atoms with Gasteiger partial charge in [0, 0.05) is 57.1 Å². The van der Waals surface area contributed by atoms with Gasteiger partial charge in [0.25, 0.3) is 17.7 Å². The molecular formula is C37H43N11O6S. The Balaban J connectivity index is 0.795. The smallest absolute Gasteiger partial charge is 0.271 e. The average molecular weight is 770 g/mol. The topological polar surface area (TPSA) is 216 Å². The Hall–Kier alpha value is -5.33. The number of aryl methyl sites for hydroxylation is 1. The first-order chi connectivity index (χ1) is 26.5. The van der Waals surface area contributed by atoms with E-state index in [0.717, 1.165) is 79.6 Å². The molecule has 0 saturated carbocycles. The van der Waals surface area contributed by atoms with Crippen LogP contribution >= 0.6 is 11.5 Å². The highest BCUT2D eigenvalue weighted by molar-refractivity contribution is 7.10. The number of carbonyl (C=O) groups excluding carboxylic acids is 6. The Morgan fingerprint density at radius 2 is 1.76 bits per heavy atom. The molecule has 0 aliphatic carbocycles. The number of anilines is 3. The number of primary amides is 1. The van der Waals surface area contributed by atoms with Gasteiger partial charge in [0.2, 0.25) is 17.7 Å². The van der Waals surface area contributed by atoms with Crippen LogP contribution in [0.3, 0.4) is 0 Å². The van der Waals surface area contributed by atoms with Crippen LogP contribution in [-0.2, 0) is 20.9 Å². The first-order valence-electron chi connectivity index (χ1n) is 18.7. The Bertz CT molecular complexity index is 2060. The van der Waals surface area contributed by atoms with Crippen LogP contribution in [-0.4, -0.2) is 122 Å². The van der Waals surface area contributed by atoms with Gasteiger partial charge in [-0.15, -0.1) is 0 Å². The van der Waals surface area contributed by atoms with Gasteiger partial charge in [-0.05, 0) is 87.4 Å². The van der Waals surface area contributed by atoms with Crippen LogP contribution < -0.4 is 26.6 Å². The zero-order chi connectivity index (χ0) is 38.4. The lowest BCUT2D eigenvalue weighted by atomic mass is 9.92. The van der Waals surface area contributed by atoms with E-state index in [9.17, 15) is 28.8 Å². The van der Waals surface area contributed by atoms with Crippen LogP contribution in [0.4, 0.5) is 16.6 Å². The van der Waals surface area contributed by atoms with E-state index in [1.165, 1.54) is 11.5 Å². The first kappa shape index (κ1) is 36.6. The fourth-order valence-electron chi connectivity index (χ4n) is 8.27. The molecule has 7 heterocycles. The van der Waals surface area contributed by atoms with Crippen molar-refractivity contribution in [3.63, 3.8) is 0 Å². The second-order valence-electron chi connectivity index (χ2n) is 15.0. The number of likely N-dealkylation sites (tertiary alicyclic amines) is 2. The molecule has 2 aromatic heterocycles. The fourth-order valence-corrected chi connectivity index (χ4v) is 8.93. The van der Waals surface area contributed by atoms with E-state index >= 15 is 0 Å². The summed E-state index contributed by atoms with van der Waals surface area (Å²) in [4.78, 5) is 92.6. The monoisotopic (exact) mass is 769 g/mol. The molecule has 5 aliphatic heterocycles. The van der Waals surface area contributed by atoms with Gasteiger partial charge in [-0.3, -0.25) is 48.8 Å². The maximum atomic E-state index is 13.4. The van der Waals surface area contributed by atoms with Crippen molar-refractivity contribution in [1.29, 1.82) is 0 Å². The number of fused-ring (bicyclic) bond motifs is 1. The lowest BCUT2D eigenvalue weighted by molar-refractivity contribution is -0.136. The summed E-state index contributed by atoms with van der Waals surface area (Å²) in [5, 5.41) is 9.39. The Morgan fingerprint density at radius 1 is 0.982 bits per heavy atom. The van der Waals surface area contributed by atoms with Crippen molar-refractivity contribution < 1.29 is 28.8 Å². The third-order valence-corrected chi connectivity index (χ3v) is 12.0. The molecule has 2 atom stereocenters. The Morgan fingerprint density at radius 3 is 2.49 bits per heavy atom. The molecule has 17 nitrogen and oxygen atoms in total. The highest BCUT2D eigenvalue weighted by Gasteiger charge is 2.45. The van der Waals surface area contributed by atoms with Gasteiger partial charge in [0.05, 0.1) is 23.0 Å². The second-order valence-corrected chi connectivity index (χ2v) is 15.8. The number of rotatable bonds is 10. The van der Waals surface area contributed by atoms with Gasteiger partial charge < -0.3 is 21.3 Å². The maximum Gasteiger partial charge on any atom is 0.271 e. The van der Waals surface area contributed by atoms with Gasteiger partial charge in [0.1, 0.15) is 16.9 Å². The van der Waals surface area contributed by atoms with E-state index in [2.05, 4.69) is 40.0 Å². The summed E-state index contributed by atoms with van der Waals surface area (Å²) in [5.41, 5.74) is 7.96. The summed E-state index contributed by atoms with van der Waals surface area (Å²) in [6.45, 7) is 7.26. The van der Waals surface area contributed by atoms with E-state index in [-0.39, 0.29) is 47.8 Å². The molecule has 1 aromatic carbocycles. The summed E-state index contributed by atoms with van der Waals surface area (Å²) in [6, 6.07) is 6.49. The number of hydrogen-bond donors (Lipinski definition) is 4. The van der Waals surface area contributed by atoms with E-state index in [4.69, 9.17) is 10.7 Å². The van der Waals surface area contributed by atoms with Crippen molar-refractivity contribution in [3.05, 3.63) is 58.5 Å². The van der Waals surface area contributed by atoms with Crippen LogP contribution in [0.25, 0.3) is 0 Å². The van der Waals surface area contributed by atoms with Crippen molar-refractivity contribution in [2.75, 3.05) is 49.5 Å². The molecule has 4 saturated heterocycles. The lowest BCUT2D eigenvalue weighted by Crippen LogP contribution is -2.60. The number of aromatic nitrogens is 3. The van der Waals surface area contributed by atoms with Gasteiger partial charge in [-0.1, -0.05) is 6.07 Å². The summed E-state index contributed by atoms with van der Waals surface area (Å²) in [6.07, 6.45) is 5.08. The van der Waals surface area contributed by atoms with Gasteiger partial charge in [-0.2, -0.15) is 4.37 Å². The summed E-state index contributed by atoms with van der Waals surface area (Å²) < 4.78 is 4.27. The minimum Gasteiger partial charge on any atom is -0.364 e. The summed E-state index contributed by atoms with van der Waals surface area (Å²) in [5.74, 6) is -1.79. The van der Waals surface area contributed by atoms with E-state index < -0.39 is 35.6 Å². The number of amides is 6. The zero-order valence-electron chi connectivity index (χ0n) is 30.5. The predicted molar refractivity (Wildman–Crippen MR) is 201 cm³/mol. The highest BCUT2D eigenvalue weighted by Crippen LogP contribution is 2.31. The molecule has 6 amide bonds. The van der Waals surface area contributed by atoms with Crippen LogP contribution in [0, 0.1) is 12.8 Å². The second kappa shape index (κ2) is 15.1. The maximum absolute atomic E-state index is 13.4. The fraction of sp³-hybridized carbons (Fsp3) is 0.486. The van der Waals surface area contributed by atoms with E-state index in [0.29, 0.717) is 30.5 Å². The average Bonchev–Trinajstić information content (AvgIpc) is 3.67. The molecule has 0 spiro atoms. The molecule has 4 fully saturated rings. The quantitative estimate of drug-likeness (QED) is 0.213. The molecule has 0 bridgehead atoms. The molecule has 55 heavy (non-hydrogen) atoms. The van der Waals surface area contributed by atoms with Crippen molar-refractivity contribution in [3.8, 4) is 0 Å². The molecule has 5 N–H and O–H groups in total. The number of imide groups is 2. The van der Waals surface area contributed by atoms with Crippen molar-refractivity contribution >= 4 is 63.6 Å². The van der Waals surface area contributed by atoms with E-state index in [1.807, 2.05) is 19.1 Å². The molecule has 288 valence electrons. The first-order valence-corrected chi connectivity index (χ1v) is 19.5. The van der Waals surface area contributed by atoms with Crippen LogP contribution in [0.2, 0.25) is 0 Å². The standard InChI is InChI=1S/C37H43N11O6S/c1-20-13-30(55-44-20)43-33-31(32(38)50)39-15-28(41-33)47-10-2-3-23(17-47)40-34(51)22-8-11-46(12-9-22)24-18-45(19-24)16-21-4-5-25-26(14-21)37(54)48(36(25)53)27-6-7-29(49)42-35(27)52/h4-5,13-15,22-24,27H,2-3,6-12,16-19H2,1H3,(H2,38,50)(H,40,51)(H,41,43)(H,42,49,52)/t23-,27?/m1/s1. The predicted octanol–water partition coefficient (Wildman–Crippen LogP) is 1.17. The molecule has 3 aromatic rings. The number of nitrogens with zero attached hydrogens (tertiary/aromatic N) is 7. The number of benzene rings is 1. The lowest BCUT2D eigenvalue weighted by Gasteiger charge is -2.47. The summed E-state index contributed by atoms with van der Waals surface area (Å²) >= 11 is 1.26. The highest BCUT2D eigenvalue weighted by atomic mass is 32.1. The number of nitrogens with two attached hydrogens (primary N) is 1. The van der Waals surface area contributed by atoms with Gasteiger partial charge in [0.15, 0.2) is 11.5 Å². The minimum atomic E-state index is -0.982. The third kappa shape index (κ3) is 7.53. The van der Waals surface area contributed by atoms with Gasteiger partial charge >= 0.3 is 0 Å².